The van der Waals surface area contributed by atoms with E-state index < -0.39 is 0 Å². The minimum Gasteiger partial charge on any atom is -0.468 e. The van der Waals surface area contributed by atoms with Crippen LogP contribution in [0.3, 0.4) is 0 Å². The van der Waals surface area contributed by atoms with Crippen LogP contribution in [0.2, 0.25) is 0 Å². The Balaban J connectivity index is 2.65. The van der Waals surface area contributed by atoms with Gasteiger partial charge >= 0.3 is 0 Å². The van der Waals surface area contributed by atoms with Gasteiger partial charge in [0, 0.05) is 24.2 Å². The number of rotatable bonds is 10. The van der Waals surface area contributed by atoms with Crippen LogP contribution in [0.5, 0.6) is 0 Å². The van der Waals surface area contributed by atoms with Crippen molar-refractivity contribution in [3.63, 3.8) is 0 Å². The highest BCUT2D eigenvalue weighted by atomic mass is 16.3. The van der Waals surface area contributed by atoms with E-state index in [1.54, 1.807) is 0 Å². The fraction of sp³-hybridized carbons (Fsp3) is 0.765. The molecule has 0 aliphatic heterocycles. The lowest BCUT2D eigenvalue weighted by Gasteiger charge is -2.27. The Morgan fingerprint density at radius 3 is 2.60 bits per heavy atom. The maximum absolute atomic E-state index is 5.72. The van der Waals surface area contributed by atoms with Crippen molar-refractivity contribution in [1.82, 2.24) is 10.2 Å². The summed E-state index contributed by atoms with van der Waals surface area (Å²) in [7, 11) is 0. The summed E-state index contributed by atoms with van der Waals surface area (Å²) in [6, 6.07) is 3.21. The Bertz CT molecular complexity index is 360. The van der Waals surface area contributed by atoms with Gasteiger partial charge in [-0.25, -0.2) is 0 Å². The minimum absolute atomic E-state index is 0.503. The molecule has 0 aliphatic rings. The van der Waals surface area contributed by atoms with Gasteiger partial charge in [0.05, 0.1) is 12.8 Å². The SMILES string of the molecule is CCCCN(Cc1occc1CNC(C)C)C(C)CC. The van der Waals surface area contributed by atoms with Gasteiger partial charge in [-0.15, -0.1) is 0 Å². The van der Waals surface area contributed by atoms with Gasteiger partial charge < -0.3 is 9.73 Å². The fourth-order valence-electron chi connectivity index (χ4n) is 2.24. The maximum Gasteiger partial charge on any atom is 0.122 e. The van der Waals surface area contributed by atoms with Crippen LogP contribution in [0.4, 0.5) is 0 Å². The van der Waals surface area contributed by atoms with Crippen LogP contribution >= 0.6 is 0 Å². The molecule has 20 heavy (non-hydrogen) atoms. The molecule has 0 radical (unpaired) electrons. The third-order valence-electron chi connectivity index (χ3n) is 3.90. The van der Waals surface area contributed by atoms with E-state index in [4.69, 9.17) is 4.42 Å². The molecule has 0 bridgehead atoms. The Labute approximate surface area is 124 Å². The van der Waals surface area contributed by atoms with Crippen molar-refractivity contribution < 1.29 is 4.42 Å². The van der Waals surface area contributed by atoms with Crippen LogP contribution < -0.4 is 5.32 Å². The molecule has 1 rings (SSSR count). The molecule has 0 aromatic carbocycles. The van der Waals surface area contributed by atoms with E-state index in [0.717, 1.165) is 25.4 Å². The van der Waals surface area contributed by atoms with Gasteiger partial charge in [-0.05, 0) is 32.4 Å². The Morgan fingerprint density at radius 1 is 1.25 bits per heavy atom. The standard InChI is InChI=1S/C17H32N2O/c1-6-8-10-19(15(5)7-2)13-17-16(9-11-20-17)12-18-14(3)4/h9,11,14-15,18H,6-8,10,12-13H2,1-5H3. The van der Waals surface area contributed by atoms with Crippen molar-refractivity contribution in [2.45, 2.75) is 79.1 Å². The smallest absolute Gasteiger partial charge is 0.122 e. The number of hydrogen-bond acceptors (Lipinski definition) is 3. The zero-order valence-corrected chi connectivity index (χ0v) is 13.9. The normalized spacial score (nSPS) is 13.3. The van der Waals surface area contributed by atoms with Gasteiger partial charge in [0.2, 0.25) is 0 Å². The van der Waals surface area contributed by atoms with Gasteiger partial charge in [0.15, 0.2) is 0 Å². The Hall–Kier alpha value is -0.800. The summed E-state index contributed by atoms with van der Waals surface area (Å²) in [5.74, 6) is 1.12. The van der Waals surface area contributed by atoms with E-state index in [2.05, 4.69) is 50.9 Å². The third kappa shape index (κ3) is 5.68. The van der Waals surface area contributed by atoms with Crippen LogP contribution in [0, 0.1) is 0 Å². The number of nitrogens with one attached hydrogen (secondary N) is 1. The summed E-state index contributed by atoms with van der Waals surface area (Å²) in [4.78, 5) is 2.54. The zero-order valence-electron chi connectivity index (χ0n) is 13.9. The monoisotopic (exact) mass is 280 g/mol. The molecule has 0 saturated carbocycles. The molecule has 3 nitrogen and oxygen atoms in total. The number of furan rings is 1. The molecular formula is C17H32N2O. The molecular weight excluding hydrogens is 248 g/mol. The second kappa shape index (κ2) is 9.19. The highest BCUT2D eigenvalue weighted by Crippen LogP contribution is 2.17. The Morgan fingerprint density at radius 2 is 2.00 bits per heavy atom. The van der Waals surface area contributed by atoms with E-state index in [9.17, 15) is 0 Å². The molecule has 3 heteroatoms. The van der Waals surface area contributed by atoms with Gasteiger partial charge in [-0.3, -0.25) is 4.90 Å². The topological polar surface area (TPSA) is 28.4 Å². The molecule has 116 valence electrons. The second-order valence-corrected chi connectivity index (χ2v) is 5.99. The molecule has 1 atom stereocenters. The van der Waals surface area contributed by atoms with Crippen molar-refractivity contribution in [3.05, 3.63) is 23.7 Å². The molecule has 0 saturated heterocycles. The summed E-state index contributed by atoms with van der Waals surface area (Å²) < 4.78 is 5.72. The van der Waals surface area contributed by atoms with E-state index in [1.165, 1.54) is 24.8 Å². The Kier molecular flexibility index (Phi) is 7.93. The van der Waals surface area contributed by atoms with E-state index >= 15 is 0 Å². The molecule has 0 amide bonds. The summed E-state index contributed by atoms with van der Waals surface area (Å²) in [5, 5.41) is 3.47. The molecule has 1 unspecified atom stereocenters. The van der Waals surface area contributed by atoms with E-state index in [0.29, 0.717) is 12.1 Å². The lowest BCUT2D eigenvalue weighted by Crippen LogP contribution is -2.33. The summed E-state index contributed by atoms with van der Waals surface area (Å²) in [6.07, 6.45) is 5.50. The molecule has 1 aromatic rings. The number of nitrogens with zero attached hydrogens (tertiary/aromatic N) is 1. The van der Waals surface area contributed by atoms with Crippen LogP contribution in [0.1, 0.15) is 65.2 Å². The van der Waals surface area contributed by atoms with Crippen LogP contribution in [-0.2, 0) is 13.1 Å². The highest BCUT2D eigenvalue weighted by Gasteiger charge is 2.16. The molecule has 1 heterocycles. The third-order valence-corrected chi connectivity index (χ3v) is 3.90. The predicted octanol–water partition coefficient (Wildman–Crippen LogP) is 4.18. The average molecular weight is 280 g/mol. The van der Waals surface area contributed by atoms with Crippen molar-refractivity contribution in [2.24, 2.45) is 0 Å². The van der Waals surface area contributed by atoms with Gasteiger partial charge in [0.25, 0.3) is 0 Å². The average Bonchev–Trinajstić information content (AvgIpc) is 2.87. The molecule has 0 fully saturated rings. The van der Waals surface area contributed by atoms with Gasteiger partial charge in [-0.2, -0.15) is 0 Å². The van der Waals surface area contributed by atoms with E-state index in [-0.39, 0.29) is 0 Å². The highest BCUT2D eigenvalue weighted by molar-refractivity contribution is 5.17. The molecule has 0 aliphatic carbocycles. The van der Waals surface area contributed by atoms with Crippen molar-refractivity contribution in [1.29, 1.82) is 0 Å². The molecule has 1 aromatic heterocycles. The molecule has 1 N–H and O–H groups in total. The summed E-state index contributed by atoms with van der Waals surface area (Å²) >= 11 is 0. The summed E-state index contributed by atoms with van der Waals surface area (Å²) in [6.45, 7) is 14.1. The largest absolute Gasteiger partial charge is 0.468 e. The quantitative estimate of drug-likeness (QED) is 0.697. The van der Waals surface area contributed by atoms with Crippen molar-refractivity contribution in [3.8, 4) is 0 Å². The van der Waals surface area contributed by atoms with Crippen molar-refractivity contribution >= 4 is 0 Å². The second-order valence-electron chi connectivity index (χ2n) is 5.99. The van der Waals surface area contributed by atoms with Crippen LogP contribution in [0.15, 0.2) is 16.7 Å². The van der Waals surface area contributed by atoms with Crippen molar-refractivity contribution in [2.75, 3.05) is 6.54 Å². The minimum atomic E-state index is 0.503. The molecule has 0 spiro atoms. The lowest BCUT2D eigenvalue weighted by atomic mass is 10.1. The first-order valence-corrected chi connectivity index (χ1v) is 8.11. The first-order valence-electron chi connectivity index (χ1n) is 8.11. The predicted molar refractivity (Wildman–Crippen MR) is 85.8 cm³/mol. The summed E-state index contributed by atoms with van der Waals surface area (Å²) in [5.41, 5.74) is 1.29. The number of unbranched alkanes of at least 4 members (excludes halogenated alkanes) is 1. The van der Waals surface area contributed by atoms with Gasteiger partial charge in [-0.1, -0.05) is 34.1 Å². The first kappa shape index (κ1) is 17.3. The van der Waals surface area contributed by atoms with Gasteiger partial charge in [0.1, 0.15) is 5.76 Å². The number of hydrogen-bond donors (Lipinski definition) is 1. The fourth-order valence-corrected chi connectivity index (χ4v) is 2.24. The lowest BCUT2D eigenvalue weighted by molar-refractivity contribution is 0.177. The van der Waals surface area contributed by atoms with E-state index in [1.807, 2.05) is 6.26 Å². The zero-order chi connectivity index (χ0) is 15.0. The first-order chi connectivity index (χ1) is 9.58. The maximum atomic E-state index is 5.72. The van der Waals surface area contributed by atoms with Crippen LogP contribution in [-0.4, -0.2) is 23.5 Å². The van der Waals surface area contributed by atoms with Crippen LogP contribution in [0.25, 0.3) is 0 Å².